The van der Waals surface area contributed by atoms with E-state index in [9.17, 15) is 9.59 Å². The van der Waals surface area contributed by atoms with Gasteiger partial charge in [0.15, 0.2) is 0 Å². The fourth-order valence-corrected chi connectivity index (χ4v) is 4.10. The average molecular weight is 308 g/mol. The van der Waals surface area contributed by atoms with Crippen molar-refractivity contribution >= 4 is 23.3 Å². The molecule has 2 aliphatic rings. The monoisotopic (exact) mass is 308 g/mol. The Kier molecular flexibility index (Phi) is 3.65. The number of hydrogen-bond acceptors (Lipinski definition) is 3. The normalized spacial score (nSPS) is 23.4. The second-order valence-corrected chi connectivity index (χ2v) is 6.99. The minimum absolute atomic E-state index is 0.0492. The molecule has 2 aliphatic heterocycles. The van der Waals surface area contributed by atoms with Crippen molar-refractivity contribution in [1.29, 1.82) is 0 Å². The van der Waals surface area contributed by atoms with Gasteiger partial charge in [-0.05, 0) is 30.4 Å². The van der Waals surface area contributed by atoms with Gasteiger partial charge in [0.1, 0.15) is 0 Å². The Bertz CT molecular complexity index is 565. The van der Waals surface area contributed by atoms with E-state index < -0.39 is 5.97 Å². The van der Waals surface area contributed by atoms with Crippen molar-refractivity contribution in [3.63, 3.8) is 0 Å². The molecule has 21 heavy (non-hydrogen) atoms. The number of carbonyl (C=O) groups excluding carboxylic acids is 1. The maximum atomic E-state index is 12.6. The molecule has 0 spiro atoms. The number of nitrogens with zero attached hydrogens (tertiary/aromatic N) is 2. The van der Waals surface area contributed by atoms with Crippen LogP contribution in [0, 0.1) is 11.8 Å². The van der Waals surface area contributed by atoms with Crippen LogP contribution in [0.4, 0.5) is 4.79 Å². The number of aliphatic carboxylic acids is 1. The summed E-state index contributed by atoms with van der Waals surface area (Å²) in [5.41, 5.74) is 1.26. The molecule has 0 saturated carbocycles. The predicted molar refractivity (Wildman–Crippen MR) is 80.4 cm³/mol. The third-order valence-electron chi connectivity index (χ3n) is 4.80. The van der Waals surface area contributed by atoms with Gasteiger partial charge >= 0.3 is 12.0 Å². The first-order chi connectivity index (χ1) is 9.99. The number of thiophene rings is 1. The minimum Gasteiger partial charge on any atom is -0.481 e. The molecule has 0 aliphatic carbocycles. The summed E-state index contributed by atoms with van der Waals surface area (Å²) in [6.45, 7) is 5.66. The van der Waals surface area contributed by atoms with Crippen molar-refractivity contribution in [2.75, 3.05) is 19.6 Å². The molecule has 0 radical (unpaired) electrons. The van der Waals surface area contributed by atoms with Crippen molar-refractivity contribution in [3.8, 4) is 0 Å². The molecule has 0 bridgehead atoms. The summed E-state index contributed by atoms with van der Waals surface area (Å²) in [4.78, 5) is 28.6. The van der Waals surface area contributed by atoms with E-state index in [1.807, 2.05) is 4.90 Å². The smallest absolute Gasteiger partial charge is 0.320 e. The first-order valence-corrected chi connectivity index (χ1v) is 8.21. The summed E-state index contributed by atoms with van der Waals surface area (Å²) in [6.07, 6.45) is 0.922. The Morgan fingerprint density at radius 3 is 2.81 bits per heavy atom. The van der Waals surface area contributed by atoms with Crippen LogP contribution < -0.4 is 0 Å². The van der Waals surface area contributed by atoms with Crippen LogP contribution in [0.3, 0.4) is 0 Å². The largest absolute Gasteiger partial charge is 0.481 e. The molecule has 3 rings (SSSR count). The third-order valence-corrected chi connectivity index (χ3v) is 5.80. The molecular weight excluding hydrogens is 288 g/mol. The molecule has 5 nitrogen and oxygen atoms in total. The van der Waals surface area contributed by atoms with Crippen LogP contribution in [0.1, 0.15) is 30.3 Å². The molecule has 6 heteroatoms. The van der Waals surface area contributed by atoms with E-state index in [0.29, 0.717) is 13.1 Å². The van der Waals surface area contributed by atoms with Crippen molar-refractivity contribution in [1.82, 2.24) is 9.80 Å². The van der Waals surface area contributed by atoms with E-state index in [2.05, 4.69) is 18.4 Å². The van der Waals surface area contributed by atoms with Crippen LogP contribution in [-0.4, -0.2) is 46.5 Å². The highest BCUT2D eigenvalue weighted by Gasteiger charge is 2.40. The van der Waals surface area contributed by atoms with Crippen molar-refractivity contribution in [2.45, 2.75) is 26.3 Å². The van der Waals surface area contributed by atoms with Crippen LogP contribution in [0.2, 0.25) is 0 Å². The highest BCUT2D eigenvalue weighted by Crippen LogP contribution is 2.35. The highest BCUT2D eigenvalue weighted by molar-refractivity contribution is 7.10. The summed E-state index contributed by atoms with van der Waals surface area (Å²) in [5.74, 6) is -1.07. The summed E-state index contributed by atoms with van der Waals surface area (Å²) in [5, 5.41) is 11.1. The van der Waals surface area contributed by atoms with Crippen molar-refractivity contribution in [2.24, 2.45) is 11.8 Å². The zero-order valence-corrected chi connectivity index (χ0v) is 13.1. The van der Waals surface area contributed by atoms with Gasteiger partial charge in [0, 0.05) is 30.4 Å². The number of fused-ring (bicyclic) bond motifs is 1. The lowest BCUT2D eigenvalue weighted by Gasteiger charge is -2.45. The molecule has 1 saturated heterocycles. The van der Waals surface area contributed by atoms with E-state index in [0.717, 1.165) is 13.0 Å². The molecule has 114 valence electrons. The molecule has 0 aromatic carbocycles. The zero-order valence-electron chi connectivity index (χ0n) is 12.3. The first-order valence-electron chi connectivity index (χ1n) is 7.33. The number of carboxylic acid groups (broad SMARTS) is 1. The Morgan fingerprint density at radius 1 is 1.43 bits per heavy atom. The third kappa shape index (κ3) is 2.41. The molecule has 1 aromatic rings. The van der Waals surface area contributed by atoms with Crippen LogP contribution in [-0.2, 0) is 11.2 Å². The fraction of sp³-hybridized carbons (Fsp3) is 0.600. The van der Waals surface area contributed by atoms with E-state index in [1.54, 1.807) is 23.2 Å². The van der Waals surface area contributed by atoms with Gasteiger partial charge in [0.25, 0.3) is 0 Å². The van der Waals surface area contributed by atoms with Gasteiger partial charge < -0.3 is 14.9 Å². The maximum Gasteiger partial charge on any atom is 0.320 e. The van der Waals surface area contributed by atoms with Gasteiger partial charge in [-0.2, -0.15) is 0 Å². The van der Waals surface area contributed by atoms with Crippen LogP contribution in [0.5, 0.6) is 0 Å². The minimum atomic E-state index is -0.777. The molecule has 3 heterocycles. The summed E-state index contributed by atoms with van der Waals surface area (Å²) in [7, 11) is 0. The molecule has 1 aromatic heterocycles. The van der Waals surface area contributed by atoms with Crippen LogP contribution in [0.25, 0.3) is 0 Å². The van der Waals surface area contributed by atoms with E-state index in [1.165, 1.54) is 10.4 Å². The number of amides is 2. The first kappa shape index (κ1) is 14.4. The highest BCUT2D eigenvalue weighted by atomic mass is 32.1. The Labute approximate surface area is 128 Å². The molecular formula is C15H20N2O3S. The van der Waals surface area contributed by atoms with Gasteiger partial charge in [-0.1, -0.05) is 6.92 Å². The van der Waals surface area contributed by atoms with E-state index in [4.69, 9.17) is 5.11 Å². The second kappa shape index (κ2) is 5.33. The van der Waals surface area contributed by atoms with Crippen LogP contribution in [0.15, 0.2) is 11.4 Å². The molecule has 2 atom stereocenters. The fourth-order valence-electron chi connectivity index (χ4n) is 3.14. The van der Waals surface area contributed by atoms with Crippen molar-refractivity contribution in [3.05, 3.63) is 21.9 Å². The lowest BCUT2D eigenvalue weighted by atomic mass is 9.87. The number of hydrogen-bond donors (Lipinski definition) is 1. The topological polar surface area (TPSA) is 60.9 Å². The Balaban J connectivity index is 1.62. The molecule has 2 amide bonds. The maximum absolute atomic E-state index is 12.6. The molecule has 1 N–H and O–H groups in total. The van der Waals surface area contributed by atoms with E-state index in [-0.39, 0.29) is 23.9 Å². The lowest BCUT2D eigenvalue weighted by Crippen LogP contribution is -2.58. The number of urea groups is 1. The van der Waals surface area contributed by atoms with E-state index >= 15 is 0 Å². The van der Waals surface area contributed by atoms with Crippen molar-refractivity contribution < 1.29 is 14.7 Å². The summed E-state index contributed by atoms with van der Waals surface area (Å²) < 4.78 is 0. The SMILES string of the molecule is CC(C(=O)O)C1CN(C(=O)N2CCc3sccc3C2C)C1. The molecule has 2 unspecified atom stereocenters. The summed E-state index contributed by atoms with van der Waals surface area (Å²) >= 11 is 1.76. The standard InChI is InChI=1S/C15H20N2O3S/c1-9(14(18)19)11-7-16(8-11)15(20)17-5-3-13-12(10(17)2)4-6-21-13/h4,6,9-11H,3,5,7-8H2,1-2H3,(H,18,19). The lowest BCUT2D eigenvalue weighted by molar-refractivity contribution is -0.145. The number of carboxylic acids is 1. The molecule has 1 fully saturated rings. The van der Waals surface area contributed by atoms with Gasteiger partial charge in [0.2, 0.25) is 0 Å². The zero-order chi connectivity index (χ0) is 15.1. The Morgan fingerprint density at radius 2 is 2.14 bits per heavy atom. The number of rotatable bonds is 2. The quantitative estimate of drug-likeness (QED) is 0.913. The predicted octanol–water partition coefficient (Wildman–Crippen LogP) is 2.44. The van der Waals surface area contributed by atoms with Crippen LogP contribution >= 0.6 is 11.3 Å². The summed E-state index contributed by atoms with van der Waals surface area (Å²) in [6, 6.07) is 2.27. The van der Waals surface area contributed by atoms with Gasteiger partial charge in [-0.15, -0.1) is 11.3 Å². The van der Waals surface area contributed by atoms with Gasteiger partial charge in [-0.25, -0.2) is 4.79 Å². The number of carbonyl (C=O) groups is 2. The Hall–Kier alpha value is -1.56. The average Bonchev–Trinajstić information content (AvgIpc) is 2.86. The number of likely N-dealkylation sites (tertiary alicyclic amines) is 1. The van der Waals surface area contributed by atoms with Gasteiger partial charge in [0.05, 0.1) is 12.0 Å². The second-order valence-electron chi connectivity index (χ2n) is 5.99. The van der Waals surface area contributed by atoms with Gasteiger partial charge in [-0.3, -0.25) is 4.79 Å².